The number of phenolic OH excluding ortho intramolecular Hbond substituents is 1. The minimum Gasteiger partial charge on any atom is -0.508 e. The van der Waals surface area contributed by atoms with E-state index in [9.17, 15) is 9.50 Å². The monoisotopic (exact) mass is 709 g/mol. The molecule has 3 aromatic carbocycles. The van der Waals surface area contributed by atoms with Crippen LogP contribution in [0.3, 0.4) is 0 Å². The Labute approximate surface area is 298 Å². The molecular weight excluding hydrogens is 671 g/mol. The lowest BCUT2D eigenvalue weighted by atomic mass is 9.91. The van der Waals surface area contributed by atoms with Crippen LogP contribution in [-0.2, 0) is 11.8 Å². The van der Waals surface area contributed by atoms with Crippen molar-refractivity contribution in [1.29, 1.82) is 0 Å². The standard InChI is InChI=1S/C39H38F3N7O3/c1-3-27-30(41)8-5-21-11-26(50)12-28(31(21)27)32-34(42)36-33(29-17-46(2)45-35(29)32)37(49-23-6-7-24(49)16-47(15-23)25-18-51-19-25)44-38(43-36)52-20-39-9-4-10-48(39)14-22(40)13-39/h1,5,8,11-12,17,22-25,50H,4,6-7,9-10,13-16,18-20H2,2H3/t22-,23?,24?,39+/m1/s1. The van der Waals surface area contributed by atoms with Crippen LogP contribution < -0.4 is 9.64 Å². The predicted molar refractivity (Wildman–Crippen MR) is 190 cm³/mol. The number of piperazine rings is 1. The van der Waals surface area contributed by atoms with E-state index in [1.165, 1.54) is 24.3 Å². The molecule has 0 spiro atoms. The highest BCUT2D eigenvalue weighted by Crippen LogP contribution is 2.47. The molecule has 5 saturated heterocycles. The number of hydrogen-bond acceptors (Lipinski definition) is 9. The average molecular weight is 710 g/mol. The van der Waals surface area contributed by atoms with Gasteiger partial charge >= 0.3 is 6.01 Å². The zero-order valence-corrected chi connectivity index (χ0v) is 28.8. The minimum atomic E-state index is -0.932. The molecule has 268 valence electrons. The van der Waals surface area contributed by atoms with Gasteiger partial charge in [0.2, 0.25) is 0 Å². The average Bonchev–Trinajstić information content (AvgIpc) is 3.82. The predicted octanol–water partition coefficient (Wildman–Crippen LogP) is 5.31. The summed E-state index contributed by atoms with van der Waals surface area (Å²) in [4.78, 5) is 16.8. The molecule has 0 aliphatic carbocycles. The van der Waals surface area contributed by atoms with Gasteiger partial charge in [-0.1, -0.05) is 12.0 Å². The number of phenols is 1. The van der Waals surface area contributed by atoms with Crippen LogP contribution in [-0.4, -0.2) is 110 Å². The van der Waals surface area contributed by atoms with E-state index in [1.807, 2.05) is 6.20 Å². The largest absolute Gasteiger partial charge is 0.508 e. The molecule has 5 aromatic rings. The Bertz CT molecular complexity index is 2330. The van der Waals surface area contributed by atoms with E-state index in [0.717, 1.165) is 58.5 Å². The number of aryl methyl sites for hydroxylation is 1. The zero-order chi connectivity index (χ0) is 35.5. The number of terminal acetylenes is 1. The molecule has 0 radical (unpaired) electrons. The van der Waals surface area contributed by atoms with Crippen molar-refractivity contribution in [3.05, 3.63) is 47.7 Å². The Balaban J connectivity index is 1.20. The van der Waals surface area contributed by atoms with Crippen LogP contribution >= 0.6 is 0 Å². The summed E-state index contributed by atoms with van der Waals surface area (Å²) in [6.45, 7) is 4.48. The fourth-order valence-electron chi connectivity index (χ4n) is 9.84. The molecule has 4 atom stereocenters. The van der Waals surface area contributed by atoms with E-state index in [4.69, 9.17) is 31.0 Å². The first-order valence-electron chi connectivity index (χ1n) is 18.1. The van der Waals surface area contributed by atoms with Crippen molar-refractivity contribution in [1.82, 2.24) is 29.5 Å². The molecule has 52 heavy (non-hydrogen) atoms. The summed E-state index contributed by atoms with van der Waals surface area (Å²) in [5.74, 6) is 1.54. The van der Waals surface area contributed by atoms with Crippen molar-refractivity contribution >= 4 is 38.4 Å². The molecule has 10 nitrogen and oxygen atoms in total. The number of fused-ring (bicyclic) bond motifs is 7. The lowest BCUT2D eigenvalue weighted by molar-refractivity contribution is -0.0705. The van der Waals surface area contributed by atoms with Gasteiger partial charge in [-0.15, -0.1) is 6.42 Å². The molecule has 2 bridgehead atoms. The van der Waals surface area contributed by atoms with Crippen molar-refractivity contribution in [2.45, 2.75) is 61.9 Å². The normalized spacial score (nSPS) is 26.4. The van der Waals surface area contributed by atoms with Gasteiger partial charge in [0.15, 0.2) is 5.82 Å². The summed E-state index contributed by atoms with van der Waals surface area (Å²) in [6, 6.07) is 6.28. The molecule has 2 aromatic heterocycles. The van der Waals surface area contributed by atoms with E-state index in [-0.39, 0.29) is 58.0 Å². The number of benzene rings is 3. The van der Waals surface area contributed by atoms with Gasteiger partial charge in [0, 0.05) is 67.7 Å². The van der Waals surface area contributed by atoms with Crippen molar-refractivity contribution in [2.75, 3.05) is 50.9 Å². The highest BCUT2D eigenvalue weighted by molar-refractivity contribution is 6.18. The summed E-state index contributed by atoms with van der Waals surface area (Å²) in [7, 11) is 1.76. The van der Waals surface area contributed by atoms with Crippen LogP contribution in [0, 0.1) is 24.0 Å². The molecule has 5 fully saturated rings. The van der Waals surface area contributed by atoms with Crippen LogP contribution in [0.1, 0.15) is 37.7 Å². The van der Waals surface area contributed by atoms with Crippen LogP contribution in [0.5, 0.6) is 11.8 Å². The van der Waals surface area contributed by atoms with Crippen molar-refractivity contribution in [2.24, 2.45) is 7.05 Å². The van der Waals surface area contributed by atoms with Gasteiger partial charge in [-0.25, -0.2) is 13.2 Å². The Kier molecular flexibility index (Phi) is 7.20. The maximum atomic E-state index is 17.7. The molecule has 1 N–H and O–H groups in total. The molecule has 5 aliphatic rings. The van der Waals surface area contributed by atoms with Crippen molar-refractivity contribution in [3.8, 4) is 35.2 Å². The summed E-state index contributed by atoms with van der Waals surface area (Å²) in [5, 5.41) is 17.5. The van der Waals surface area contributed by atoms with Crippen LogP contribution in [0.2, 0.25) is 0 Å². The SMILES string of the molecule is C#Cc1c(F)ccc2cc(O)cc(-c3c(F)c4nc(OC[C@@]56CCCN5C[C@H](F)C6)nc(N5C6CCC5CN(C5COC5)C6)c4c4cn(C)nc34)c12. The quantitative estimate of drug-likeness (QED) is 0.236. The molecule has 13 heteroatoms. The number of halogens is 3. The second kappa shape index (κ2) is 11.7. The van der Waals surface area contributed by atoms with E-state index in [0.29, 0.717) is 46.5 Å². The fraction of sp³-hybridized carbons (Fsp3) is 0.462. The van der Waals surface area contributed by atoms with Crippen LogP contribution in [0.15, 0.2) is 30.5 Å². The summed E-state index contributed by atoms with van der Waals surface area (Å²) in [5.41, 5.74) is 0.0678. The van der Waals surface area contributed by atoms with Gasteiger partial charge in [-0.05, 0) is 61.4 Å². The number of ether oxygens (including phenoxy) is 2. The Morgan fingerprint density at radius 1 is 1.06 bits per heavy atom. The smallest absolute Gasteiger partial charge is 0.319 e. The lowest BCUT2D eigenvalue weighted by Gasteiger charge is -2.47. The molecule has 2 unspecified atom stereocenters. The van der Waals surface area contributed by atoms with Crippen LogP contribution in [0.25, 0.3) is 43.7 Å². The highest BCUT2D eigenvalue weighted by Gasteiger charge is 2.50. The van der Waals surface area contributed by atoms with E-state index < -0.39 is 23.3 Å². The summed E-state index contributed by atoms with van der Waals surface area (Å²) >= 11 is 0. The molecular formula is C39H38F3N7O3. The second-order valence-electron chi connectivity index (χ2n) is 15.3. The number of nitrogens with zero attached hydrogens (tertiary/aromatic N) is 7. The third-order valence-corrected chi connectivity index (χ3v) is 12.2. The molecule has 10 rings (SSSR count). The summed E-state index contributed by atoms with van der Waals surface area (Å²) < 4.78 is 61.2. The number of alkyl halides is 1. The number of aromatic nitrogens is 4. The van der Waals surface area contributed by atoms with Gasteiger partial charge in [-0.3, -0.25) is 14.5 Å². The Hall–Kier alpha value is -4.64. The fourth-order valence-corrected chi connectivity index (χ4v) is 9.84. The molecule has 0 saturated carbocycles. The van der Waals surface area contributed by atoms with Gasteiger partial charge < -0.3 is 19.5 Å². The molecule has 0 amide bonds. The van der Waals surface area contributed by atoms with Gasteiger partial charge in [0.25, 0.3) is 0 Å². The number of hydrogen-bond donors (Lipinski definition) is 1. The maximum Gasteiger partial charge on any atom is 0.319 e. The Morgan fingerprint density at radius 2 is 1.87 bits per heavy atom. The minimum absolute atomic E-state index is 0.0180. The summed E-state index contributed by atoms with van der Waals surface area (Å²) in [6.07, 6.45) is 10.8. The lowest BCUT2D eigenvalue weighted by Crippen LogP contribution is -2.61. The number of aromatic hydroxyl groups is 1. The maximum absolute atomic E-state index is 17.7. The Morgan fingerprint density at radius 3 is 2.62 bits per heavy atom. The van der Waals surface area contributed by atoms with Crippen molar-refractivity contribution < 1.29 is 27.8 Å². The first-order valence-corrected chi connectivity index (χ1v) is 18.1. The number of anilines is 1. The first-order chi connectivity index (χ1) is 25.2. The van der Waals surface area contributed by atoms with Gasteiger partial charge in [-0.2, -0.15) is 15.1 Å². The van der Waals surface area contributed by atoms with E-state index in [2.05, 4.69) is 20.6 Å². The van der Waals surface area contributed by atoms with E-state index in [1.54, 1.807) is 11.7 Å². The van der Waals surface area contributed by atoms with Crippen LogP contribution in [0.4, 0.5) is 19.0 Å². The topological polar surface area (TPSA) is 92.0 Å². The first kappa shape index (κ1) is 32.0. The third-order valence-electron chi connectivity index (χ3n) is 12.2. The second-order valence-corrected chi connectivity index (χ2v) is 15.3. The number of likely N-dealkylation sites (tertiary alicyclic amines) is 1. The van der Waals surface area contributed by atoms with Gasteiger partial charge in [0.05, 0.1) is 35.7 Å². The van der Waals surface area contributed by atoms with E-state index >= 15 is 8.78 Å². The third kappa shape index (κ3) is 4.73. The molecule has 5 aliphatic heterocycles. The molecule has 7 heterocycles. The zero-order valence-electron chi connectivity index (χ0n) is 28.8. The highest BCUT2D eigenvalue weighted by atomic mass is 19.1. The van der Waals surface area contributed by atoms with Crippen molar-refractivity contribution in [3.63, 3.8) is 0 Å². The van der Waals surface area contributed by atoms with Gasteiger partial charge in [0.1, 0.15) is 41.2 Å². The number of rotatable bonds is 6.